The molecule has 0 unspecified atom stereocenters. The van der Waals surface area contributed by atoms with Gasteiger partial charge in [0, 0.05) is 30.2 Å². The maximum Gasteiger partial charge on any atom is 0.433 e. The number of morpholine rings is 1. The number of anilines is 2. The van der Waals surface area contributed by atoms with Crippen molar-refractivity contribution in [2.75, 3.05) is 25.0 Å². The number of alkyl halides is 3. The Morgan fingerprint density at radius 2 is 2.00 bits per heavy atom. The minimum absolute atomic E-state index is 0.105. The molecule has 1 aliphatic heterocycles. The van der Waals surface area contributed by atoms with E-state index in [0.717, 1.165) is 30.9 Å². The van der Waals surface area contributed by atoms with E-state index < -0.39 is 11.9 Å². The summed E-state index contributed by atoms with van der Waals surface area (Å²) in [6.45, 7) is 4.63. The molecule has 1 aliphatic rings. The highest BCUT2D eigenvalue weighted by Gasteiger charge is 2.32. The van der Waals surface area contributed by atoms with Gasteiger partial charge in [-0.05, 0) is 43.3 Å². The Hall–Kier alpha value is -3.34. The van der Waals surface area contributed by atoms with E-state index in [1.807, 2.05) is 25.1 Å². The SMILES string of the molecule is C[C@@H]1CN(Cc2nc(Nc3ccc(C(F)(F)F)nc3)c3ccc(-c4ncccc4Cl)cc3n2)CCO1. The highest BCUT2D eigenvalue weighted by atomic mass is 35.5. The summed E-state index contributed by atoms with van der Waals surface area (Å²) in [5.41, 5.74) is 1.50. The molecule has 1 atom stereocenters. The number of ether oxygens (including phenoxy) is 1. The van der Waals surface area contributed by atoms with Crippen molar-refractivity contribution in [2.45, 2.75) is 25.7 Å². The molecule has 4 aromatic rings. The zero-order valence-corrected chi connectivity index (χ0v) is 20.0. The fourth-order valence-electron chi connectivity index (χ4n) is 4.10. The van der Waals surface area contributed by atoms with Crippen molar-refractivity contribution < 1.29 is 17.9 Å². The Balaban J connectivity index is 1.54. The lowest BCUT2D eigenvalue weighted by molar-refractivity contribution is -0.141. The van der Waals surface area contributed by atoms with Gasteiger partial charge in [-0.25, -0.2) is 15.0 Å². The van der Waals surface area contributed by atoms with E-state index in [2.05, 4.69) is 20.2 Å². The van der Waals surface area contributed by atoms with Gasteiger partial charge in [0.1, 0.15) is 17.3 Å². The van der Waals surface area contributed by atoms with Crippen molar-refractivity contribution in [2.24, 2.45) is 0 Å². The zero-order chi connectivity index (χ0) is 25.3. The molecule has 1 N–H and O–H groups in total. The molecule has 0 saturated carbocycles. The summed E-state index contributed by atoms with van der Waals surface area (Å²) in [6.07, 6.45) is -1.59. The quantitative estimate of drug-likeness (QED) is 0.365. The van der Waals surface area contributed by atoms with Crippen molar-refractivity contribution >= 4 is 34.0 Å². The van der Waals surface area contributed by atoms with E-state index in [0.29, 0.717) is 52.1 Å². The van der Waals surface area contributed by atoms with Gasteiger partial charge in [-0.2, -0.15) is 13.2 Å². The van der Waals surface area contributed by atoms with Gasteiger partial charge in [-0.15, -0.1) is 0 Å². The molecule has 0 spiro atoms. The number of pyridine rings is 2. The average molecular weight is 515 g/mol. The average Bonchev–Trinajstić information content (AvgIpc) is 2.84. The molecule has 11 heteroatoms. The molecule has 36 heavy (non-hydrogen) atoms. The topological polar surface area (TPSA) is 76.1 Å². The number of nitrogens with zero attached hydrogens (tertiary/aromatic N) is 5. The fourth-order valence-corrected chi connectivity index (χ4v) is 4.33. The number of hydrogen-bond acceptors (Lipinski definition) is 7. The van der Waals surface area contributed by atoms with Crippen LogP contribution in [0.3, 0.4) is 0 Å². The van der Waals surface area contributed by atoms with Gasteiger partial charge in [-0.1, -0.05) is 17.7 Å². The lowest BCUT2D eigenvalue weighted by Gasteiger charge is -2.30. The van der Waals surface area contributed by atoms with E-state index in [4.69, 9.17) is 26.3 Å². The van der Waals surface area contributed by atoms with Crippen LogP contribution in [-0.4, -0.2) is 50.6 Å². The van der Waals surface area contributed by atoms with E-state index in [1.165, 1.54) is 6.07 Å². The van der Waals surface area contributed by atoms with Crippen molar-refractivity contribution in [3.05, 3.63) is 71.4 Å². The summed E-state index contributed by atoms with van der Waals surface area (Å²) in [5, 5.41) is 4.33. The number of hydrogen-bond donors (Lipinski definition) is 1. The molecular formula is C25H22ClF3N6O. The van der Waals surface area contributed by atoms with E-state index in [-0.39, 0.29) is 6.10 Å². The number of rotatable bonds is 5. The molecule has 0 radical (unpaired) electrons. The summed E-state index contributed by atoms with van der Waals surface area (Å²) in [4.78, 5) is 19.6. The third-order valence-corrected chi connectivity index (χ3v) is 6.09. The number of nitrogens with one attached hydrogen (secondary N) is 1. The summed E-state index contributed by atoms with van der Waals surface area (Å²) < 4.78 is 44.4. The van der Waals surface area contributed by atoms with Crippen molar-refractivity contribution in [3.8, 4) is 11.3 Å². The second kappa shape index (κ2) is 9.96. The van der Waals surface area contributed by atoms with Gasteiger partial charge >= 0.3 is 6.18 Å². The van der Waals surface area contributed by atoms with Crippen LogP contribution < -0.4 is 5.32 Å². The Morgan fingerprint density at radius 3 is 2.72 bits per heavy atom. The van der Waals surface area contributed by atoms with Gasteiger partial charge in [0.05, 0.1) is 47.4 Å². The Labute approximate surface area is 210 Å². The molecule has 0 bridgehead atoms. The van der Waals surface area contributed by atoms with Crippen LogP contribution in [0.2, 0.25) is 5.02 Å². The van der Waals surface area contributed by atoms with Crippen LogP contribution in [0.25, 0.3) is 22.2 Å². The van der Waals surface area contributed by atoms with E-state index >= 15 is 0 Å². The van der Waals surface area contributed by atoms with E-state index in [9.17, 15) is 13.2 Å². The van der Waals surface area contributed by atoms with E-state index in [1.54, 1.807) is 18.3 Å². The van der Waals surface area contributed by atoms with Crippen LogP contribution in [0.1, 0.15) is 18.4 Å². The summed E-state index contributed by atoms with van der Waals surface area (Å²) in [6, 6.07) is 11.4. The maximum absolute atomic E-state index is 12.9. The molecular weight excluding hydrogens is 493 g/mol. The minimum atomic E-state index is -4.51. The number of aromatic nitrogens is 4. The molecule has 1 aromatic carbocycles. The van der Waals surface area contributed by atoms with Crippen LogP contribution in [0.4, 0.5) is 24.7 Å². The Morgan fingerprint density at radius 1 is 1.14 bits per heavy atom. The summed E-state index contributed by atoms with van der Waals surface area (Å²) in [7, 11) is 0. The fraction of sp³-hybridized carbons (Fsp3) is 0.280. The molecule has 1 fully saturated rings. The van der Waals surface area contributed by atoms with Gasteiger partial charge < -0.3 is 10.1 Å². The monoisotopic (exact) mass is 514 g/mol. The molecule has 7 nitrogen and oxygen atoms in total. The standard InChI is InChI=1S/C25H22ClF3N6O/c1-15-13-35(9-10-36-15)14-22-33-20-11-16(23-19(26)3-2-8-30-23)4-6-18(20)24(34-22)32-17-5-7-21(31-12-17)25(27,28)29/h2-8,11-12,15H,9-10,13-14H2,1H3,(H,32,33,34)/t15-/m1/s1. The first-order chi connectivity index (χ1) is 17.3. The largest absolute Gasteiger partial charge is 0.433 e. The Kier molecular flexibility index (Phi) is 6.74. The number of halogens is 4. The Bertz CT molecular complexity index is 1380. The molecule has 0 amide bonds. The number of fused-ring (bicyclic) bond motifs is 1. The van der Waals surface area contributed by atoms with Crippen LogP contribution in [0.5, 0.6) is 0 Å². The van der Waals surface area contributed by atoms with Gasteiger partial charge in [0.25, 0.3) is 0 Å². The van der Waals surface area contributed by atoms with Crippen LogP contribution in [0.15, 0.2) is 54.9 Å². The minimum Gasteiger partial charge on any atom is -0.376 e. The van der Waals surface area contributed by atoms with Gasteiger partial charge in [-0.3, -0.25) is 9.88 Å². The lowest BCUT2D eigenvalue weighted by atomic mass is 10.1. The smallest absolute Gasteiger partial charge is 0.376 e. The first kappa shape index (κ1) is 24.4. The second-order valence-corrected chi connectivity index (χ2v) is 8.93. The summed E-state index contributed by atoms with van der Waals surface area (Å²) in [5.74, 6) is 1.04. The zero-order valence-electron chi connectivity index (χ0n) is 19.3. The van der Waals surface area contributed by atoms with Crippen molar-refractivity contribution in [1.82, 2.24) is 24.8 Å². The highest BCUT2D eigenvalue weighted by Crippen LogP contribution is 2.32. The molecule has 1 saturated heterocycles. The normalized spacial score (nSPS) is 16.9. The predicted octanol–water partition coefficient (Wildman–Crippen LogP) is 5.72. The molecule has 5 rings (SSSR count). The van der Waals surface area contributed by atoms with Crippen molar-refractivity contribution in [1.29, 1.82) is 0 Å². The second-order valence-electron chi connectivity index (χ2n) is 8.53. The molecule has 3 aromatic heterocycles. The highest BCUT2D eigenvalue weighted by molar-refractivity contribution is 6.33. The third kappa shape index (κ3) is 5.40. The van der Waals surface area contributed by atoms with Gasteiger partial charge in [0.15, 0.2) is 0 Å². The van der Waals surface area contributed by atoms with Crippen LogP contribution >= 0.6 is 11.6 Å². The van der Waals surface area contributed by atoms with Crippen LogP contribution in [0, 0.1) is 0 Å². The van der Waals surface area contributed by atoms with Crippen molar-refractivity contribution in [3.63, 3.8) is 0 Å². The van der Waals surface area contributed by atoms with Gasteiger partial charge in [0.2, 0.25) is 0 Å². The first-order valence-electron chi connectivity index (χ1n) is 11.3. The summed E-state index contributed by atoms with van der Waals surface area (Å²) >= 11 is 6.35. The van der Waals surface area contributed by atoms with Crippen LogP contribution in [-0.2, 0) is 17.5 Å². The third-order valence-electron chi connectivity index (χ3n) is 5.78. The maximum atomic E-state index is 12.9. The molecule has 0 aliphatic carbocycles. The molecule has 186 valence electrons. The lowest BCUT2D eigenvalue weighted by Crippen LogP contribution is -2.40. The first-order valence-corrected chi connectivity index (χ1v) is 11.7. The molecule has 4 heterocycles. The predicted molar refractivity (Wildman–Crippen MR) is 131 cm³/mol. The number of benzene rings is 1.